The number of piperazine rings is 1. The third kappa shape index (κ3) is 6.90. The van der Waals surface area contributed by atoms with E-state index in [1.165, 1.54) is 5.56 Å². The van der Waals surface area contributed by atoms with Gasteiger partial charge in [-0.15, -0.1) is 0 Å². The summed E-state index contributed by atoms with van der Waals surface area (Å²) in [5, 5.41) is 0.646. The topological polar surface area (TPSA) is 48.9 Å². The van der Waals surface area contributed by atoms with Gasteiger partial charge in [0.15, 0.2) is 0 Å². The number of piperidine rings is 1. The Kier molecular flexibility index (Phi) is 8.39. The quantitative estimate of drug-likeness (QED) is 0.407. The first kappa shape index (κ1) is 25.3. The standard InChI is InChI=1S/C30H33ClN4O2/c31-28-9-2-1-7-25(28)11-12-30(36)35-16-13-26(14-17-35)37-27-8-5-6-24(22-27)23-33-18-20-34(21-19-33)29-10-3-4-15-32-29/h1-12,15,22,26H,13-14,16-21,23H2/b12-11+. The van der Waals surface area contributed by atoms with Gasteiger partial charge in [-0.1, -0.05) is 48.0 Å². The minimum atomic E-state index is 0.0171. The maximum Gasteiger partial charge on any atom is 0.246 e. The smallest absolute Gasteiger partial charge is 0.246 e. The summed E-state index contributed by atoms with van der Waals surface area (Å²) in [6, 6.07) is 22.0. The summed E-state index contributed by atoms with van der Waals surface area (Å²) in [4.78, 5) is 23.8. The van der Waals surface area contributed by atoms with Crippen molar-refractivity contribution < 1.29 is 9.53 Å². The van der Waals surface area contributed by atoms with Crippen LogP contribution >= 0.6 is 11.6 Å². The molecule has 0 spiro atoms. The van der Waals surface area contributed by atoms with Gasteiger partial charge in [-0.25, -0.2) is 4.98 Å². The Bertz CT molecular complexity index is 1200. The van der Waals surface area contributed by atoms with E-state index in [2.05, 4.69) is 39.0 Å². The Morgan fingerprint density at radius 1 is 0.946 bits per heavy atom. The molecule has 0 saturated carbocycles. The molecule has 7 heteroatoms. The predicted octanol–water partition coefficient (Wildman–Crippen LogP) is 5.14. The lowest BCUT2D eigenvalue weighted by molar-refractivity contribution is -0.127. The molecule has 2 fully saturated rings. The number of aromatic nitrogens is 1. The first-order valence-corrected chi connectivity index (χ1v) is 13.4. The molecule has 2 saturated heterocycles. The van der Waals surface area contributed by atoms with Crippen molar-refractivity contribution in [3.8, 4) is 5.75 Å². The number of halogens is 1. The van der Waals surface area contributed by atoms with E-state index < -0.39 is 0 Å². The number of rotatable bonds is 7. The molecule has 0 N–H and O–H groups in total. The van der Waals surface area contributed by atoms with E-state index in [4.69, 9.17) is 16.3 Å². The summed E-state index contributed by atoms with van der Waals surface area (Å²) in [7, 11) is 0. The van der Waals surface area contributed by atoms with Gasteiger partial charge in [0.25, 0.3) is 0 Å². The van der Waals surface area contributed by atoms with E-state index in [9.17, 15) is 4.79 Å². The third-order valence-corrected chi connectivity index (χ3v) is 7.36. The monoisotopic (exact) mass is 516 g/mol. The molecule has 1 amide bonds. The van der Waals surface area contributed by atoms with Crippen LogP contribution in [0.15, 0.2) is 79.0 Å². The van der Waals surface area contributed by atoms with Crippen molar-refractivity contribution in [2.45, 2.75) is 25.5 Å². The van der Waals surface area contributed by atoms with Gasteiger partial charge in [0.2, 0.25) is 5.91 Å². The number of anilines is 1. The van der Waals surface area contributed by atoms with Crippen LogP contribution in [0.2, 0.25) is 5.02 Å². The maximum absolute atomic E-state index is 12.6. The number of amides is 1. The van der Waals surface area contributed by atoms with Crippen LogP contribution in [-0.2, 0) is 11.3 Å². The summed E-state index contributed by atoms with van der Waals surface area (Å²) in [6.07, 6.45) is 7.03. The summed E-state index contributed by atoms with van der Waals surface area (Å²) >= 11 is 6.18. The molecule has 192 valence electrons. The van der Waals surface area contributed by atoms with Crippen LogP contribution in [0.4, 0.5) is 5.82 Å². The van der Waals surface area contributed by atoms with E-state index in [0.29, 0.717) is 18.1 Å². The fourth-order valence-corrected chi connectivity index (χ4v) is 5.11. The van der Waals surface area contributed by atoms with E-state index in [1.807, 2.05) is 53.6 Å². The van der Waals surface area contributed by atoms with Gasteiger partial charge in [-0.05, 0) is 47.5 Å². The SMILES string of the molecule is O=C(/C=C/c1ccccc1Cl)N1CCC(Oc2cccc(CN3CCN(c4ccccn4)CC3)c2)CC1. The van der Waals surface area contributed by atoms with E-state index in [1.54, 1.807) is 12.2 Å². The Morgan fingerprint density at radius 2 is 1.73 bits per heavy atom. The molecular weight excluding hydrogens is 484 g/mol. The first-order chi connectivity index (χ1) is 18.1. The highest BCUT2D eigenvalue weighted by atomic mass is 35.5. The number of carbonyl (C=O) groups excluding carboxylic acids is 1. The molecular formula is C30H33ClN4O2. The number of hydrogen-bond donors (Lipinski definition) is 0. The average molecular weight is 517 g/mol. The second-order valence-electron chi connectivity index (χ2n) is 9.60. The molecule has 2 aliphatic heterocycles. The van der Waals surface area contributed by atoms with Gasteiger partial charge in [0.05, 0.1) is 0 Å². The van der Waals surface area contributed by atoms with Gasteiger partial charge in [0.1, 0.15) is 17.7 Å². The van der Waals surface area contributed by atoms with Crippen molar-refractivity contribution in [1.82, 2.24) is 14.8 Å². The zero-order valence-corrected chi connectivity index (χ0v) is 21.8. The van der Waals surface area contributed by atoms with Gasteiger partial charge < -0.3 is 14.5 Å². The van der Waals surface area contributed by atoms with Gasteiger partial charge >= 0.3 is 0 Å². The lowest BCUT2D eigenvalue weighted by Gasteiger charge is -2.35. The minimum absolute atomic E-state index is 0.0171. The fraction of sp³-hybridized carbons (Fsp3) is 0.333. The van der Waals surface area contributed by atoms with Crippen LogP contribution in [0.25, 0.3) is 6.08 Å². The van der Waals surface area contributed by atoms with Gasteiger partial charge in [0, 0.05) is 76.0 Å². The first-order valence-electron chi connectivity index (χ1n) is 13.0. The molecule has 3 aromatic rings. The fourth-order valence-electron chi connectivity index (χ4n) is 4.91. The molecule has 0 unspecified atom stereocenters. The molecule has 0 aliphatic carbocycles. The molecule has 0 atom stereocenters. The second kappa shape index (κ2) is 12.3. The predicted molar refractivity (Wildman–Crippen MR) is 149 cm³/mol. The zero-order valence-electron chi connectivity index (χ0n) is 21.0. The average Bonchev–Trinajstić information content (AvgIpc) is 2.94. The molecule has 1 aromatic heterocycles. The van der Waals surface area contributed by atoms with E-state index >= 15 is 0 Å². The van der Waals surface area contributed by atoms with Gasteiger partial charge in [-0.2, -0.15) is 0 Å². The molecule has 2 aromatic carbocycles. The summed E-state index contributed by atoms with van der Waals surface area (Å²) in [5.74, 6) is 1.98. The highest BCUT2D eigenvalue weighted by Crippen LogP contribution is 2.22. The van der Waals surface area contributed by atoms with Crippen molar-refractivity contribution >= 4 is 29.4 Å². The lowest BCUT2D eigenvalue weighted by Crippen LogP contribution is -2.46. The van der Waals surface area contributed by atoms with Crippen LogP contribution < -0.4 is 9.64 Å². The number of likely N-dealkylation sites (tertiary alicyclic amines) is 1. The van der Waals surface area contributed by atoms with Crippen LogP contribution in [-0.4, -0.2) is 66.1 Å². The molecule has 6 nitrogen and oxygen atoms in total. The molecule has 2 aliphatic rings. The number of benzene rings is 2. The van der Waals surface area contributed by atoms with E-state index in [-0.39, 0.29) is 12.0 Å². The van der Waals surface area contributed by atoms with Gasteiger partial charge in [-0.3, -0.25) is 9.69 Å². The van der Waals surface area contributed by atoms with Crippen molar-refractivity contribution in [3.05, 3.63) is 95.2 Å². The normalized spacial score (nSPS) is 17.3. The number of ether oxygens (including phenoxy) is 1. The molecule has 3 heterocycles. The number of carbonyl (C=O) groups is 1. The number of hydrogen-bond acceptors (Lipinski definition) is 5. The molecule has 37 heavy (non-hydrogen) atoms. The lowest BCUT2D eigenvalue weighted by atomic mass is 10.1. The van der Waals surface area contributed by atoms with Crippen molar-refractivity contribution in [2.75, 3.05) is 44.2 Å². The summed E-state index contributed by atoms with van der Waals surface area (Å²) in [5.41, 5.74) is 2.12. The minimum Gasteiger partial charge on any atom is -0.490 e. The molecule has 5 rings (SSSR count). The Morgan fingerprint density at radius 3 is 2.49 bits per heavy atom. The van der Waals surface area contributed by atoms with E-state index in [0.717, 1.165) is 62.7 Å². The second-order valence-corrected chi connectivity index (χ2v) is 10.0. The Labute approximate surface area is 224 Å². The molecule has 0 bridgehead atoms. The summed E-state index contributed by atoms with van der Waals surface area (Å²) in [6.45, 7) is 6.29. The van der Waals surface area contributed by atoms with Crippen molar-refractivity contribution in [1.29, 1.82) is 0 Å². The van der Waals surface area contributed by atoms with Crippen LogP contribution in [0.5, 0.6) is 5.75 Å². The van der Waals surface area contributed by atoms with Crippen molar-refractivity contribution in [3.63, 3.8) is 0 Å². The van der Waals surface area contributed by atoms with Crippen LogP contribution in [0.3, 0.4) is 0 Å². The zero-order chi connectivity index (χ0) is 25.5. The highest BCUT2D eigenvalue weighted by Gasteiger charge is 2.23. The van der Waals surface area contributed by atoms with Crippen molar-refractivity contribution in [2.24, 2.45) is 0 Å². The highest BCUT2D eigenvalue weighted by molar-refractivity contribution is 6.32. The number of nitrogens with zero attached hydrogens (tertiary/aromatic N) is 4. The largest absolute Gasteiger partial charge is 0.490 e. The Hall–Kier alpha value is -3.35. The molecule has 0 radical (unpaired) electrons. The third-order valence-electron chi connectivity index (χ3n) is 7.02. The Balaban J connectivity index is 1.07. The van der Waals surface area contributed by atoms with Crippen LogP contribution in [0, 0.1) is 0 Å². The number of pyridine rings is 1. The summed E-state index contributed by atoms with van der Waals surface area (Å²) < 4.78 is 6.32. The maximum atomic E-state index is 12.6. The van der Waals surface area contributed by atoms with Crippen LogP contribution in [0.1, 0.15) is 24.0 Å².